The Labute approximate surface area is 146 Å². The summed E-state index contributed by atoms with van der Waals surface area (Å²) in [7, 11) is 0. The van der Waals surface area contributed by atoms with E-state index in [9.17, 15) is 19.2 Å². The molecule has 2 N–H and O–H groups in total. The summed E-state index contributed by atoms with van der Waals surface area (Å²) in [5.41, 5.74) is 0. The molecular weight excluding hydrogens is 336 g/mol. The van der Waals surface area contributed by atoms with Crippen LogP contribution in [0.4, 0.5) is 0 Å². The summed E-state index contributed by atoms with van der Waals surface area (Å²) >= 11 is 0. The summed E-state index contributed by atoms with van der Waals surface area (Å²) in [6.07, 6.45) is 0. The first kappa shape index (κ1) is 22.8. The number of hydrogen-bond donors (Lipinski definition) is 2. The number of ether oxygens (including phenoxy) is 3. The van der Waals surface area contributed by atoms with Crippen LogP contribution >= 0.6 is 0 Å². The standard InChI is InChI=1S/C15H26N2O8/c1-4-23-12(20)10-17(9-11(18)19)8-7-16-13(14(21)24-5-2)15(22)25-6-3/h13,16H,4-10H2,1-3H3,(H,18,19). The van der Waals surface area contributed by atoms with Crippen molar-refractivity contribution >= 4 is 23.9 Å². The molecule has 144 valence electrons. The number of nitrogens with one attached hydrogen (secondary N) is 1. The zero-order valence-corrected chi connectivity index (χ0v) is 14.8. The number of hydrogen-bond acceptors (Lipinski definition) is 9. The number of carbonyl (C=O) groups excluding carboxylic acids is 3. The Morgan fingerprint density at radius 3 is 1.88 bits per heavy atom. The van der Waals surface area contributed by atoms with E-state index in [-0.39, 0.29) is 46.0 Å². The molecule has 0 saturated carbocycles. The number of nitrogens with zero attached hydrogens (tertiary/aromatic N) is 1. The van der Waals surface area contributed by atoms with E-state index in [2.05, 4.69) is 5.32 Å². The van der Waals surface area contributed by atoms with Gasteiger partial charge in [-0.15, -0.1) is 0 Å². The van der Waals surface area contributed by atoms with Crippen LogP contribution in [0.1, 0.15) is 20.8 Å². The van der Waals surface area contributed by atoms with Crippen molar-refractivity contribution in [2.45, 2.75) is 26.8 Å². The van der Waals surface area contributed by atoms with Crippen LogP contribution in [0, 0.1) is 0 Å². The van der Waals surface area contributed by atoms with Gasteiger partial charge < -0.3 is 19.3 Å². The Kier molecular flexibility index (Phi) is 12.0. The number of carboxylic acid groups (broad SMARTS) is 1. The monoisotopic (exact) mass is 362 g/mol. The number of carboxylic acids is 1. The van der Waals surface area contributed by atoms with Crippen LogP contribution in [0.5, 0.6) is 0 Å². The number of esters is 3. The third-order valence-corrected chi connectivity index (χ3v) is 2.84. The van der Waals surface area contributed by atoms with Crippen molar-refractivity contribution in [2.24, 2.45) is 0 Å². The van der Waals surface area contributed by atoms with Crippen LogP contribution in [0.2, 0.25) is 0 Å². The fourth-order valence-electron chi connectivity index (χ4n) is 1.88. The van der Waals surface area contributed by atoms with E-state index in [0.717, 1.165) is 0 Å². The molecule has 0 spiro atoms. The average Bonchev–Trinajstić information content (AvgIpc) is 2.51. The minimum atomic E-state index is -1.31. The topological polar surface area (TPSA) is 131 Å². The fraction of sp³-hybridized carbons (Fsp3) is 0.733. The van der Waals surface area contributed by atoms with Gasteiger partial charge in [0.2, 0.25) is 6.04 Å². The summed E-state index contributed by atoms with van der Waals surface area (Å²) in [6.45, 7) is 4.80. The van der Waals surface area contributed by atoms with Crippen molar-refractivity contribution in [3.05, 3.63) is 0 Å². The molecule has 0 bridgehead atoms. The molecule has 0 fully saturated rings. The van der Waals surface area contributed by atoms with Crippen molar-refractivity contribution < 1.29 is 38.5 Å². The van der Waals surface area contributed by atoms with E-state index in [1.165, 1.54) is 4.90 Å². The molecule has 10 heteroatoms. The van der Waals surface area contributed by atoms with Gasteiger partial charge in [0.25, 0.3) is 0 Å². The van der Waals surface area contributed by atoms with Crippen molar-refractivity contribution in [3.63, 3.8) is 0 Å². The first-order valence-electron chi connectivity index (χ1n) is 8.02. The van der Waals surface area contributed by atoms with Crippen molar-refractivity contribution in [1.82, 2.24) is 10.2 Å². The molecular formula is C15H26N2O8. The summed E-state index contributed by atoms with van der Waals surface area (Å²) in [6, 6.07) is -1.31. The van der Waals surface area contributed by atoms with E-state index < -0.39 is 29.9 Å². The minimum Gasteiger partial charge on any atom is -0.480 e. The van der Waals surface area contributed by atoms with Gasteiger partial charge in [-0.05, 0) is 20.8 Å². The predicted octanol–water partition coefficient (Wildman–Crippen LogP) is -0.979. The fourth-order valence-corrected chi connectivity index (χ4v) is 1.88. The molecule has 0 atom stereocenters. The number of aliphatic carboxylic acids is 1. The van der Waals surface area contributed by atoms with E-state index in [4.69, 9.17) is 19.3 Å². The predicted molar refractivity (Wildman–Crippen MR) is 85.8 cm³/mol. The SMILES string of the molecule is CCOC(=O)CN(CCNC(C(=O)OCC)C(=O)OCC)CC(=O)O. The van der Waals surface area contributed by atoms with E-state index >= 15 is 0 Å². The maximum Gasteiger partial charge on any atom is 0.334 e. The summed E-state index contributed by atoms with van der Waals surface area (Å²) in [4.78, 5) is 47.3. The van der Waals surface area contributed by atoms with E-state index in [0.29, 0.717) is 0 Å². The second kappa shape index (κ2) is 13.1. The Morgan fingerprint density at radius 2 is 1.44 bits per heavy atom. The first-order valence-corrected chi connectivity index (χ1v) is 8.02. The van der Waals surface area contributed by atoms with Gasteiger partial charge in [-0.3, -0.25) is 19.8 Å². The van der Waals surface area contributed by atoms with Crippen LogP contribution < -0.4 is 5.32 Å². The summed E-state index contributed by atoms with van der Waals surface area (Å²) in [5, 5.41) is 11.6. The van der Waals surface area contributed by atoms with Gasteiger partial charge in [0.1, 0.15) is 0 Å². The van der Waals surface area contributed by atoms with Crippen LogP contribution in [0.25, 0.3) is 0 Å². The summed E-state index contributed by atoms with van der Waals surface area (Å²) in [5.74, 6) is -3.24. The highest BCUT2D eigenvalue weighted by atomic mass is 16.6. The Morgan fingerprint density at radius 1 is 0.920 bits per heavy atom. The molecule has 0 unspecified atom stereocenters. The lowest BCUT2D eigenvalue weighted by Gasteiger charge is -2.21. The molecule has 0 rings (SSSR count). The van der Waals surface area contributed by atoms with Crippen LogP contribution in [0.3, 0.4) is 0 Å². The molecule has 0 heterocycles. The molecule has 0 saturated heterocycles. The second-order valence-corrected chi connectivity index (χ2v) is 4.80. The molecule has 0 amide bonds. The van der Waals surface area contributed by atoms with Crippen LogP contribution in [-0.4, -0.2) is 85.9 Å². The van der Waals surface area contributed by atoms with Crippen molar-refractivity contribution in [1.29, 1.82) is 0 Å². The molecule has 0 radical (unpaired) electrons. The first-order chi connectivity index (χ1) is 11.8. The highest BCUT2D eigenvalue weighted by Gasteiger charge is 2.29. The van der Waals surface area contributed by atoms with Gasteiger partial charge >= 0.3 is 23.9 Å². The smallest absolute Gasteiger partial charge is 0.334 e. The van der Waals surface area contributed by atoms with Gasteiger partial charge in [-0.2, -0.15) is 0 Å². The van der Waals surface area contributed by atoms with Crippen LogP contribution in [0.15, 0.2) is 0 Å². The third kappa shape index (κ3) is 10.3. The number of carbonyl (C=O) groups is 4. The molecule has 10 nitrogen and oxygen atoms in total. The maximum absolute atomic E-state index is 11.8. The molecule has 0 aromatic rings. The zero-order valence-electron chi connectivity index (χ0n) is 14.8. The van der Waals surface area contributed by atoms with E-state index in [1.807, 2.05) is 0 Å². The maximum atomic E-state index is 11.8. The highest BCUT2D eigenvalue weighted by molar-refractivity contribution is 5.99. The highest BCUT2D eigenvalue weighted by Crippen LogP contribution is 1.96. The lowest BCUT2D eigenvalue weighted by molar-refractivity contribution is -0.158. The normalized spacial score (nSPS) is 10.6. The molecule has 0 aromatic carbocycles. The number of rotatable bonds is 13. The quantitative estimate of drug-likeness (QED) is 0.239. The molecule has 25 heavy (non-hydrogen) atoms. The Hall–Kier alpha value is -2.20. The molecule has 0 aliphatic heterocycles. The van der Waals surface area contributed by atoms with Gasteiger partial charge in [0.15, 0.2) is 0 Å². The minimum absolute atomic E-state index is 0.0645. The molecule has 0 aromatic heterocycles. The van der Waals surface area contributed by atoms with Crippen molar-refractivity contribution in [3.8, 4) is 0 Å². The largest absolute Gasteiger partial charge is 0.480 e. The lowest BCUT2D eigenvalue weighted by atomic mass is 10.3. The van der Waals surface area contributed by atoms with Gasteiger partial charge in [0.05, 0.1) is 32.9 Å². The second-order valence-electron chi connectivity index (χ2n) is 4.80. The Bertz CT molecular complexity index is 437. The van der Waals surface area contributed by atoms with Gasteiger partial charge in [-0.1, -0.05) is 0 Å². The van der Waals surface area contributed by atoms with Crippen molar-refractivity contribution in [2.75, 3.05) is 46.0 Å². The van der Waals surface area contributed by atoms with Gasteiger partial charge in [0, 0.05) is 13.1 Å². The van der Waals surface area contributed by atoms with Gasteiger partial charge in [-0.25, -0.2) is 9.59 Å². The van der Waals surface area contributed by atoms with Crippen LogP contribution in [-0.2, 0) is 33.4 Å². The summed E-state index contributed by atoms with van der Waals surface area (Å²) < 4.78 is 14.4. The molecule has 0 aliphatic rings. The molecule has 0 aliphatic carbocycles. The van der Waals surface area contributed by atoms with E-state index in [1.54, 1.807) is 20.8 Å². The average molecular weight is 362 g/mol. The zero-order chi connectivity index (χ0) is 19.2. The lowest BCUT2D eigenvalue weighted by Crippen LogP contribution is -2.49. The Balaban J connectivity index is 4.69. The third-order valence-electron chi connectivity index (χ3n) is 2.84.